The predicted octanol–water partition coefficient (Wildman–Crippen LogP) is 5.60. The minimum atomic E-state index is -0.823. The normalized spacial score (nSPS) is 10.8. The molecule has 6 heteroatoms. The number of furan rings is 1. The van der Waals surface area contributed by atoms with Gasteiger partial charge in [0.25, 0.3) is 0 Å². The van der Waals surface area contributed by atoms with Crippen LogP contribution in [0, 0.1) is 19.7 Å². The van der Waals surface area contributed by atoms with Crippen LogP contribution in [0.1, 0.15) is 22.6 Å². The van der Waals surface area contributed by atoms with Crippen molar-refractivity contribution in [2.24, 2.45) is 0 Å². The van der Waals surface area contributed by atoms with Gasteiger partial charge in [0.2, 0.25) is 0 Å². The van der Waals surface area contributed by atoms with Crippen LogP contribution < -0.4 is 4.74 Å². The summed E-state index contributed by atoms with van der Waals surface area (Å²) < 4.78 is 25.0. The molecule has 0 aliphatic heterocycles. The molecule has 0 amide bonds. The van der Waals surface area contributed by atoms with Gasteiger partial charge in [-0.1, -0.05) is 24.3 Å². The predicted molar refractivity (Wildman–Crippen MR) is 108 cm³/mol. The highest BCUT2D eigenvalue weighted by Crippen LogP contribution is 2.33. The summed E-state index contributed by atoms with van der Waals surface area (Å²) in [6, 6.07) is 13.9. The molecule has 0 bridgehead atoms. The van der Waals surface area contributed by atoms with Crippen molar-refractivity contribution in [1.29, 1.82) is 0 Å². The lowest BCUT2D eigenvalue weighted by Crippen LogP contribution is -1.99. The Morgan fingerprint density at radius 1 is 1.14 bits per heavy atom. The summed E-state index contributed by atoms with van der Waals surface area (Å²) in [7, 11) is 0. The first-order valence-electron chi connectivity index (χ1n) is 8.80. The number of ether oxygens (including phenoxy) is 1. The van der Waals surface area contributed by atoms with Crippen LogP contribution >= 0.6 is 11.8 Å². The number of carbonyl (C=O) groups is 1. The SMILES string of the molecule is Cc1oc(C)c(-c2ccc(F)cc2)c1COc1cccc(CSCC(=O)O)c1. The van der Waals surface area contributed by atoms with Gasteiger partial charge in [0.15, 0.2) is 0 Å². The maximum absolute atomic E-state index is 13.3. The smallest absolute Gasteiger partial charge is 0.313 e. The van der Waals surface area contributed by atoms with Crippen LogP contribution in [-0.4, -0.2) is 16.8 Å². The summed E-state index contributed by atoms with van der Waals surface area (Å²) in [5.41, 5.74) is 3.73. The zero-order valence-corrected chi connectivity index (χ0v) is 16.5. The van der Waals surface area contributed by atoms with E-state index in [0.717, 1.165) is 33.8 Å². The van der Waals surface area contributed by atoms with Gasteiger partial charge in [-0.05, 0) is 49.2 Å². The Balaban J connectivity index is 1.75. The third-order valence-corrected chi connectivity index (χ3v) is 5.28. The van der Waals surface area contributed by atoms with Crippen molar-refractivity contribution in [2.75, 3.05) is 5.75 Å². The van der Waals surface area contributed by atoms with Crippen molar-refractivity contribution in [3.63, 3.8) is 0 Å². The van der Waals surface area contributed by atoms with Gasteiger partial charge in [0, 0.05) is 16.9 Å². The highest BCUT2D eigenvalue weighted by atomic mass is 32.2. The van der Waals surface area contributed by atoms with Crippen molar-refractivity contribution in [3.05, 3.63) is 77.0 Å². The summed E-state index contributed by atoms with van der Waals surface area (Å²) in [5, 5.41) is 8.74. The molecule has 146 valence electrons. The molecule has 3 rings (SSSR count). The molecule has 4 nitrogen and oxygen atoms in total. The molecule has 0 spiro atoms. The number of aryl methyl sites for hydroxylation is 2. The lowest BCUT2D eigenvalue weighted by Gasteiger charge is -2.10. The number of carboxylic acid groups (broad SMARTS) is 1. The lowest BCUT2D eigenvalue weighted by molar-refractivity contribution is -0.133. The molecular weight excluding hydrogens is 379 g/mol. The summed E-state index contributed by atoms with van der Waals surface area (Å²) in [5.74, 6) is 1.81. The monoisotopic (exact) mass is 400 g/mol. The number of hydrogen-bond acceptors (Lipinski definition) is 4. The Labute approximate surface area is 167 Å². The van der Waals surface area contributed by atoms with Gasteiger partial charge in [-0.2, -0.15) is 0 Å². The maximum atomic E-state index is 13.3. The van der Waals surface area contributed by atoms with Gasteiger partial charge < -0.3 is 14.3 Å². The lowest BCUT2D eigenvalue weighted by atomic mass is 10.0. The van der Waals surface area contributed by atoms with E-state index in [1.54, 1.807) is 12.1 Å². The Hall–Kier alpha value is -2.73. The minimum absolute atomic E-state index is 0.0691. The van der Waals surface area contributed by atoms with Crippen LogP contribution in [0.3, 0.4) is 0 Å². The molecule has 1 heterocycles. The fourth-order valence-electron chi connectivity index (χ4n) is 3.04. The van der Waals surface area contributed by atoms with Crippen LogP contribution in [0.4, 0.5) is 4.39 Å². The molecule has 1 N–H and O–H groups in total. The van der Waals surface area contributed by atoms with E-state index >= 15 is 0 Å². The largest absolute Gasteiger partial charge is 0.489 e. The number of hydrogen-bond donors (Lipinski definition) is 1. The van der Waals surface area contributed by atoms with Crippen molar-refractivity contribution in [3.8, 4) is 16.9 Å². The highest BCUT2D eigenvalue weighted by Gasteiger charge is 2.17. The van der Waals surface area contributed by atoms with Crippen molar-refractivity contribution < 1.29 is 23.4 Å². The number of carboxylic acids is 1. The molecule has 0 radical (unpaired) electrons. The summed E-state index contributed by atoms with van der Waals surface area (Å²) in [6.45, 7) is 4.09. The Morgan fingerprint density at radius 2 is 1.89 bits per heavy atom. The number of thioether (sulfide) groups is 1. The Morgan fingerprint density at radius 3 is 2.61 bits per heavy atom. The molecule has 3 aromatic rings. The first-order chi connectivity index (χ1) is 13.4. The molecule has 28 heavy (non-hydrogen) atoms. The van der Waals surface area contributed by atoms with Crippen LogP contribution in [0.2, 0.25) is 0 Å². The van der Waals surface area contributed by atoms with E-state index in [2.05, 4.69) is 0 Å². The maximum Gasteiger partial charge on any atom is 0.313 e. The van der Waals surface area contributed by atoms with E-state index in [4.69, 9.17) is 14.3 Å². The van der Waals surface area contributed by atoms with Crippen LogP contribution in [-0.2, 0) is 17.2 Å². The van der Waals surface area contributed by atoms with Crippen molar-refractivity contribution in [1.82, 2.24) is 0 Å². The van der Waals surface area contributed by atoms with Gasteiger partial charge in [0.1, 0.15) is 29.7 Å². The second kappa shape index (κ2) is 8.97. The molecule has 0 saturated carbocycles. The summed E-state index contributed by atoms with van der Waals surface area (Å²) >= 11 is 1.34. The van der Waals surface area contributed by atoms with Gasteiger partial charge in [-0.25, -0.2) is 4.39 Å². The van der Waals surface area contributed by atoms with E-state index in [9.17, 15) is 9.18 Å². The van der Waals surface area contributed by atoms with Crippen LogP contribution in [0.25, 0.3) is 11.1 Å². The van der Waals surface area contributed by atoms with Gasteiger partial charge in [-0.3, -0.25) is 4.79 Å². The Bertz CT molecular complexity index is 963. The van der Waals surface area contributed by atoms with Crippen LogP contribution in [0.5, 0.6) is 5.75 Å². The molecular formula is C22H21FO4S. The van der Waals surface area contributed by atoms with E-state index in [1.807, 2.05) is 38.1 Å². The van der Waals surface area contributed by atoms with E-state index in [0.29, 0.717) is 18.1 Å². The minimum Gasteiger partial charge on any atom is -0.489 e. The van der Waals surface area contributed by atoms with Crippen molar-refractivity contribution in [2.45, 2.75) is 26.2 Å². The topological polar surface area (TPSA) is 59.7 Å². The molecule has 0 aliphatic carbocycles. The second-order valence-electron chi connectivity index (χ2n) is 6.40. The highest BCUT2D eigenvalue weighted by molar-refractivity contribution is 7.99. The zero-order valence-electron chi connectivity index (χ0n) is 15.7. The molecule has 0 aliphatic rings. The summed E-state index contributed by atoms with van der Waals surface area (Å²) in [4.78, 5) is 10.6. The van der Waals surface area contributed by atoms with E-state index in [1.165, 1.54) is 23.9 Å². The van der Waals surface area contributed by atoms with Gasteiger partial charge in [-0.15, -0.1) is 11.8 Å². The molecule has 0 atom stereocenters. The third-order valence-electron chi connectivity index (χ3n) is 4.29. The average Bonchev–Trinajstić information content (AvgIpc) is 2.94. The van der Waals surface area contributed by atoms with E-state index < -0.39 is 5.97 Å². The fourth-order valence-corrected chi connectivity index (χ4v) is 3.73. The van der Waals surface area contributed by atoms with E-state index in [-0.39, 0.29) is 11.6 Å². The Kier molecular flexibility index (Phi) is 6.41. The third kappa shape index (κ3) is 4.95. The number of aliphatic carboxylic acids is 1. The second-order valence-corrected chi connectivity index (χ2v) is 7.38. The number of rotatable bonds is 8. The first-order valence-corrected chi connectivity index (χ1v) is 9.95. The zero-order chi connectivity index (χ0) is 20.1. The molecule has 0 unspecified atom stereocenters. The number of halogens is 1. The number of benzene rings is 2. The molecule has 2 aromatic carbocycles. The molecule has 1 aromatic heterocycles. The first kappa shape index (κ1) is 20.0. The molecule has 0 fully saturated rings. The van der Waals surface area contributed by atoms with Gasteiger partial charge >= 0.3 is 5.97 Å². The summed E-state index contributed by atoms with van der Waals surface area (Å²) in [6.07, 6.45) is 0. The van der Waals surface area contributed by atoms with Crippen molar-refractivity contribution >= 4 is 17.7 Å². The van der Waals surface area contributed by atoms with Gasteiger partial charge in [0.05, 0.1) is 5.75 Å². The average molecular weight is 400 g/mol. The standard InChI is InChI=1S/C22H21FO4S/c1-14-20(22(15(2)27-14)17-6-8-18(23)9-7-17)11-26-19-5-3-4-16(10-19)12-28-13-21(24)25/h3-10H,11-13H2,1-2H3,(H,24,25). The molecule has 0 saturated heterocycles. The van der Waals surface area contributed by atoms with Crippen LogP contribution in [0.15, 0.2) is 52.9 Å². The quantitative estimate of drug-likeness (QED) is 0.533. The fraction of sp³-hybridized carbons (Fsp3) is 0.227.